The molecule has 0 fully saturated rings. The van der Waals surface area contributed by atoms with Crippen molar-refractivity contribution in [2.75, 3.05) is 7.11 Å². The number of rotatable bonds is 7. The van der Waals surface area contributed by atoms with E-state index < -0.39 is 0 Å². The minimum absolute atomic E-state index is 0.00486. The fourth-order valence-corrected chi connectivity index (χ4v) is 4.62. The summed E-state index contributed by atoms with van der Waals surface area (Å²) < 4.78 is 14.4. The standard InChI is InChI=1S/C26H22Br2ClN3O3/c1-15(2)25-31-22-9-8-18(27)12-19(22)26(33)32(25)30-13-16-10-20(28)24(23(11-16)34-3)35-14-17-6-4-5-7-21(17)29/h4-13,15H,14H2,1-3H3. The van der Waals surface area contributed by atoms with Gasteiger partial charge < -0.3 is 9.47 Å². The molecule has 0 radical (unpaired) electrons. The monoisotopic (exact) mass is 617 g/mol. The summed E-state index contributed by atoms with van der Waals surface area (Å²) in [5, 5.41) is 5.62. The van der Waals surface area contributed by atoms with E-state index in [9.17, 15) is 4.79 Å². The molecule has 0 spiro atoms. The fourth-order valence-electron chi connectivity index (χ4n) is 3.50. The number of aromatic nitrogens is 2. The van der Waals surface area contributed by atoms with Gasteiger partial charge in [0.1, 0.15) is 12.4 Å². The lowest BCUT2D eigenvalue weighted by Gasteiger charge is -2.14. The Bertz CT molecular complexity index is 1490. The molecule has 0 N–H and O–H groups in total. The number of benzene rings is 3. The zero-order valence-electron chi connectivity index (χ0n) is 19.3. The highest BCUT2D eigenvalue weighted by Gasteiger charge is 2.15. The minimum Gasteiger partial charge on any atom is -0.493 e. The average Bonchev–Trinajstić information content (AvgIpc) is 2.83. The van der Waals surface area contributed by atoms with E-state index in [4.69, 9.17) is 21.1 Å². The molecule has 0 aliphatic heterocycles. The number of halogens is 3. The van der Waals surface area contributed by atoms with Crippen molar-refractivity contribution < 1.29 is 9.47 Å². The molecule has 0 saturated carbocycles. The Kier molecular flexibility index (Phi) is 7.94. The lowest BCUT2D eigenvalue weighted by atomic mass is 10.2. The molecule has 6 nitrogen and oxygen atoms in total. The quantitative estimate of drug-likeness (QED) is 0.206. The van der Waals surface area contributed by atoms with Gasteiger partial charge in [-0.3, -0.25) is 4.79 Å². The molecule has 3 aromatic carbocycles. The van der Waals surface area contributed by atoms with Gasteiger partial charge in [0.2, 0.25) is 0 Å². The largest absolute Gasteiger partial charge is 0.493 e. The second-order valence-corrected chi connectivity index (χ2v) is 10.2. The summed E-state index contributed by atoms with van der Waals surface area (Å²) in [5.41, 5.74) is 1.99. The van der Waals surface area contributed by atoms with Gasteiger partial charge in [-0.2, -0.15) is 9.78 Å². The van der Waals surface area contributed by atoms with E-state index >= 15 is 0 Å². The van der Waals surface area contributed by atoms with Gasteiger partial charge in [-0.25, -0.2) is 4.98 Å². The molecule has 1 aromatic heterocycles. The van der Waals surface area contributed by atoms with E-state index in [1.807, 2.05) is 56.3 Å². The van der Waals surface area contributed by atoms with E-state index in [0.29, 0.717) is 37.7 Å². The Balaban J connectivity index is 1.69. The van der Waals surface area contributed by atoms with Gasteiger partial charge in [0, 0.05) is 21.0 Å². The first-order valence-electron chi connectivity index (χ1n) is 10.8. The molecule has 0 saturated heterocycles. The number of nitrogens with zero attached hydrogens (tertiary/aromatic N) is 3. The molecule has 0 amide bonds. The van der Waals surface area contributed by atoms with Gasteiger partial charge in [0.05, 0.1) is 28.7 Å². The highest BCUT2D eigenvalue weighted by molar-refractivity contribution is 9.10. The smallest absolute Gasteiger partial charge is 0.282 e. The van der Waals surface area contributed by atoms with Gasteiger partial charge in [-0.15, -0.1) is 0 Å². The van der Waals surface area contributed by atoms with Crippen LogP contribution in [-0.2, 0) is 6.61 Å². The molecule has 9 heteroatoms. The van der Waals surface area contributed by atoms with E-state index in [-0.39, 0.29) is 18.1 Å². The molecule has 0 aliphatic rings. The van der Waals surface area contributed by atoms with Crippen molar-refractivity contribution in [3.63, 3.8) is 0 Å². The van der Waals surface area contributed by atoms with Gasteiger partial charge in [-0.1, -0.05) is 59.6 Å². The molecule has 0 atom stereocenters. The summed E-state index contributed by atoms with van der Waals surface area (Å²) in [5.74, 6) is 1.63. The van der Waals surface area contributed by atoms with Gasteiger partial charge in [-0.05, 0) is 57.9 Å². The summed E-state index contributed by atoms with van der Waals surface area (Å²) in [6.45, 7) is 4.24. The normalized spacial score (nSPS) is 11.5. The highest BCUT2D eigenvalue weighted by atomic mass is 79.9. The van der Waals surface area contributed by atoms with Crippen molar-refractivity contribution in [3.8, 4) is 11.5 Å². The molecule has 0 aliphatic carbocycles. The van der Waals surface area contributed by atoms with Gasteiger partial charge >= 0.3 is 0 Å². The highest BCUT2D eigenvalue weighted by Crippen LogP contribution is 2.37. The summed E-state index contributed by atoms with van der Waals surface area (Å²) in [6.07, 6.45) is 1.60. The van der Waals surface area contributed by atoms with E-state index in [1.165, 1.54) is 4.68 Å². The fraction of sp³-hybridized carbons (Fsp3) is 0.192. The topological polar surface area (TPSA) is 65.7 Å². The minimum atomic E-state index is -0.234. The van der Waals surface area contributed by atoms with Crippen LogP contribution >= 0.6 is 43.5 Å². The van der Waals surface area contributed by atoms with Crippen molar-refractivity contribution in [2.45, 2.75) is 26.4 Å². The summed E-state index contributed by atoms with van der Waals surface area (Å²) in [6, 6.07) is 16.6. The number of ether oxygens (including phenoxy) is 2. The second kappa shape index (κ2) is 10.9. The maximum absolute atomic E-state index is 13.2. The number of methoxy groups -OCH3 is 1. The predicted octanol–water partition coefficient (Wildman–Crippen LogP) is 7.17. The first kappa shape index (κ1) is 25.4. The van der Waals surface area contributed by atoms with Crippen LogP contribution < -0.4 is 15.0 Å². The van der Waals surface area contributed by atoms with E-state index in [1.54, 1.807) is 25.5 Å². The third kappa shape index (κ3) is 5.60. The van der Waals surface area contributed by atoms with Gasteiger partial charge in [0.15, 0.2) is 11.5 Å². The molecular weight excluding hydrogens is 598 g/mol. The number of hydrogen-bond donors (Lipinski definition) is 0. The lowest BCUT2D eigenvalue weighted by Crippen LogP contribution is -2.23. The Morgan fingerprint density at radius 2 is 1.91 bits per heavy atom. The number of fused-ring (bicyclic) bond motifs is 1. The predicted molar refractivity (Wildman–Crippen MR) is 147 cm³/mol. The molecule has 0 unspecified atom stereocenters. The Morgan fingerprint density at radius 1 is 1.14 bits per heavy atom. The second-order valence-electron chi connectivity index (χ2n) is 8.06. The van der Waals surface area contributed by atoms with Crippen molar-refractivity contribution in [1.82, 2.24) is 9.66 Å². The summed E-state index contributed by atoms with van der Waals surface area (Å²) >= 11 is 13.2. The van der Waals surface area contributed by atoms with Crippen LogP contribution in [0.4, 0.5) is 0 Å². The van der Waals surface area contributed by atoms with Crippen LogP contribution in [0, 0.1) is 0 Å². The first-order valence-corrected chi connectivity index (χ1v) is 12.7. The van der Waals surface area contributed by atoms with Crippen molar-refractivity contribution in [2.24, 2.45) is 5.10 Å². The first-order chi connectivity index (χ1) is 16.8. The summed E-state index contributed by atoms with van der Waals surface area (Å²) in [4.78, 5) is 17.9. The van der Waals surface area contributed by atoms with Crippen molar-refractivity contribution in [3.05, 3.63) is 95.9 Å². The van der Waals surface area contributed by atoms with Crippen LogP contribution in [0.2, 0.25) is 5.02 Å². The van der Waals surface area contributed by atoms with E-state index in [2.05, 4.69) is 41.9 Å². The van der Waals surface area contributed by atoms with Crippen molar-refractivity contribution in [1.29, 1.82) is 0 Å². The van der Waals surface area contributed by atoms with Crippen LogP contribution in [0.1, 0.15) is 36.7 Å². The molecule has 4 aromatic rings. The Morgan fingerprint density at radius 3 is 2.63 bits per heavy atom. The van der Waals surface area contributed by atoms with Crippen molar-refractivity contribution >= 4 is 60.6 Å². The molecule has 0 bridgehead atoms. The van der Waals surface area contributed by atoms with Crippen LogP contribution in [0.5, 0.6) is 11.5 Å². The van der Waals surface area contributed by atoms with Crippen LogP contribution in [-0.4, -0.2) is 23.0 Å². The van der Waals surface area contributed by atoms with E-state index in [0.717, 1.165) is 15.6 Å². The Hall–Kier alpha value is -2.68. The average molecular weight is 620 g/mol. The SMILES string of the molecule is COc1cc(C=Nn2c(C(C)C)nc3ccc(Br)cc3c2=O)cc(Br)c1OCc1ccccc1Cl. The van der Waals surface area contributed by atoms with Crippen LogP contribution in [0.15, 0.2) is 73.4 Å². The molecule has 180 valence electrons. The summed E-state index contributed by atoms with van der Waals surface area (Å²) in [7, 11) is 1.57. The third-order valence-corrected chi connectivity index (χ3v) is 6.70. The molecule has 4 rings (SSSR count). The lowest BCUT2D eigenvalue weighted by molar-refractivity contribution is 0.282. The maximum Gasteiger partial charge on any atom is 0.282 e. The van der Waals surface area contributed by atoms with Gasteiger partial charge in [0.25, 0.3) is 5.56 Å². The molecule has 1 heterocycles. The number of hydrogen-bond acceptors (Lipinski definition) is 5. The molecular formula is C26H22Br2ClN3O3. The zero-order chi connectivity index (χ0) is 25.1. The Labute approximate surface area is 224 Å². The molecule has 35 heavy (non-hydrogen) atoms. The van der Waals surface area contributed by atoms with Crippen LogP contribution in [0.25, 0.3) is 10.9 Å². The maximum atomic E-state index is 13.2. The third-order valence-electron chi connectivity index (χ3n) is 5.25. The zero-order valence-corrected chi connectivity index (χ0v) is 23.2. The van der Waals surface area contributed by atoms with Crippen LogP contribution in [0.3, 0.4) is 0 Å².